The molecule has 5 heteroatoms. The topological polar surface area (TPSA) is 51.0 Å². The lowest BCUT2D eigenvalue weighted by Gasteiger charge is -2.19. The number of hydrogen-bond donors (Lipinski definition) is 1. The van der Waals surface area contributed by atoms with E-state index in [1.165, 1.54) is 18.4 Å². The fourth-order valence-corrected chi connectivity index (χ4v) is 2.67. The molecule has 4 nitrogen and oxygen atoms in total. The molecule has 1 aromatic heterocycles. The molecule has 0 unspecified atom stereocenters. The van der Waals surface area contributed by atoms with E-state index in [-0.39, 0.29) is 6.04 Å². The molecule has 1 saturated heterocycles. The van der Waals surface area contributed by atoms with Gasteiger partial charge in [0.15, 0.2) is 0 Å². The number of halogens is 1. The first kappa shape index (κ1) is 12.8. The van der Waals surface area contributed by atoms with Crippen LogP contribution in [0.2, 0.25) is 0 Å². The van der Waals surface area contributed by atoms with E-state index in [9.17, 15) is 0 Å². The van der Waals surface area contributed by atoms with Crippen LogP contribution in [0.25, 0.3) is 11.4 Å². The first-order valence-corrected chi connectivity index (χ1v) is 7.37. The Bertz CT molecular complexity index is 576. The number of aryl methyl sites for hydroxylation is 1. The predicted octanol–water partition coefficient (Wildman–Crippen LogP) is 3.62. The first-order valence-electron chi connectivity index (χ1n) is 6.57. The van der Waals surface area contributed by atoms with E-state index in [1.54, 1.807) is 0 Å². The normalized spacial score (nSPS) is 19.6. The van der Waals surface area contributed by atoms with Crippen LogP contribution >= 0.6 is 15.9 Å². The van der Waals surface area contributed by atoms with Crippen molar-refractivity contribution in [3.05, 3.63) is 34.1 Å². The quantitative estimate of drug-likeness (QED) is 0.917. The average Bonchev–Trinajstić information content (AvgIpc) is 2.93. The summed E-state index contributed by atoms with van der Waals surface area (Å²) in [5.74, 6) is 1.36. The number of nitrogens with zero attached hydrogens (tertiary/aromatic N) is 2. The summed E-state index contributed by atoms with van der Waals surface area (Å²) < 4.78 is 6.45. The van der Waals surface area contributed by atoms with Gasteiger partial charge < -0.3 is 9.84 Å². The molecule has 1 aromatic carbocycles. The van der Waals surface area contributed by atoms with Gasteiger partial charge in [0.25, 0.3) is 0 Å². The Labute approximate surface area is 120 Å². The number of rotatable bonds is 2. The zero-order valence-electron chi connectivity index (χ0n) is 10.8. The monoisotopic (exact) mass is 321 g/mol. The molecule has 2 aromatic rings. The number of hydrogen-bond acceptors (Lipinski definition) is 4. The lowest BCUT2D eigenvalue weighted by Crippen LogP contribution is -2.26. The Kier molecular flexibility index (Phi) is 3.66. The summed E-state index contributed by atoms with van der Waals surface area (Å²) in [7, 11) is 0. The summed E-state index contributed by atoms with van der Waals surface area (Å²) in [6.45, 7) is 3.08. The Morgan fingerprint density at radius 1 is 1.37 bits per heavy atom. The van der Waals surface area contributed by atoms with Crippen molar-refractivity contribution in [2.75, 3.05) is 6.54 Å². The van der Waals surface area contributed by atoms with E-state index < -0.39 is 0 Å². The molecule has 3 rings (SSSR count). The molecule has 1 N–H and O–H groups in total. The van der Waals surface area contributed by atoms with Crippen LogP contribution in [0.15, 0.2) is 27.2 Å². The fourth-order valence-electron chi connectivity index (χ4n) is 2.29. The van der Waals surface area contributed by atoms with Gasteiger partial charge in [0.05, 0.1) is 6.04 Å². The number of nitrogens with one attached hydrogen (secondary N) is 1. The Balaban J connectivity index is 1.85. The summed E-state index contributed by atoms with van der Waals surface area (Å²) >= 11 is 3.53. The predicted molar refractivity (Wildman–Crippen MR) is 76.8 cm³/mol. The van der Waals surface area contributed by atoms with Crippen LogP contribution in [0.1, 0.15) is 36.8 Å². The van der Waals surface area contributed by atoms with Crippen LogP contribution in [-0.4, -0.2) is 16.7 Å². The Morgan fingerprint density at radius 3 is 3.00 bits per heavy atom. The molecule has 1 aliphatic rings. The van der Waals surface area contributed by atoms with E-state index in [0.717, 1.165) is 23.0 Å². The molecule has 2 heterocycles. The third-order valence-corrected chi connectivity index (χ3v) is 4.33. The molecule has 0 radical (unpaired) electrons. The maximum absolute atomic E-state index is 5.39. The SMILES string of the molecule is Cc1ccc(-c2noc([C@@H]3CCCCN3)n2)cc1Br. The van der Waals surface area contributed by atoms with Gasteiger partial charge in [0.2, 0.25) is 11.7 Å². The lowest BCUT2D eigenvalue weighted by molar-refractivity contribution is 0.297. The smallest absolute Gasteiger partial charge is 0.244 e. The van der Waals surface area contributed by atoms with Crippen molar-refractivity contribution >= 4 is 15.9 Å². The highest BCUT2D eigenvalue weighted by atomic mass is 79.9. The molecule has 0 bridgehead atoms. The highest BCUT2D eigenvalue weighted by molar-refractivity contribution is 9.10. The highest BCUT2D eigenvalue weighted by Crippen LogP contribution is 2.26. The van der Waals surface area contributed by atoms with Crippen molar-refractivity contribution in [2.45, 2.75) is 32.2 Å². The molecule has 1 fully saturated rings. The van der Waals surface area contributed by atoms with E-state index in [2.05, 4.69) is 38.3 Å². The van der Waals surface area contributed by atoms with Crippen molar-refractivity contribution in [2.24, 2.45) is 0 Å². The van der Waals surface area contributed by atoms with E-state index >= 15 is 0 Å². The van der Waals surface area contributed by atoms with Gasteiger partial charge in [-0.15, -0.1) is 0 Å². The van der Waals surface area contributed by atoms with Crippen LogP contribution in [0.5, 0.6) is 0 Å². The number of aromatic nitrogens is 2. The van der Waals surface area contributed by atoms with Crippen LogP contribution in [-0.2, 0) is 0 Å². The zero-order chi connectivity index (χ0) is 13.2. The molecular formula is C14H16BrN3O. The molecule has 1 aliphatic heterocycles. The van der Waals surface area contributed by atoms with Crippen molar-refractivity contribution in [1.82, 2.24) is 15.5 Å². The maximum atomic E-state index is 5.39. The highest BCUT2D eigenvalue weighted by Gasteiger charge is 2.21. The van der Waals surface area contributed by atoms with Gasteiger partial charge in [0.1, 0.15) is 0 Å². The van der Waals surface area contributed by atoms with Crippen LogP contribution in [0, 0.1) is 6.92 Å². The lowest BCUT2D eigenvalue weighted by atomic mass is 10.1. The first-order chi connectivity index (χ1) is 9.24. The van der Waals surface area contributed by atoms with Crippen molar-refractivity contribution in [3.8, 4) is 11.4 Å². The molecule has 0 saturated carbocycles. The van der Waals surface area contributed by atoms with Gasteiger partial charge in [-0.3, -0.25) is 0 Å². The summed E-state index contributed by atoms with van der Waals surface area (Å²) in [6.07, 6.45) is 3.51. The van der Waals surface area contributed by atoms with Gasteiger partial charge in [-0.25, -0.2) is 0 Å². The zero-order valence-corrected chi connectivity index (χ0v) is 12.4. The van der Waals surface area contributed by atoms with Crippen LogP contribution < -0.4 is 5.32 Å². The van der Waals surface area contributed by atoms with Crippen LogP contribution in [0.4, 0.5) is 0 Å². The Hall–Kier alpha value is -1.20. The number of piperidine rings is 1. The summed E-state index contributed by atoms with van der Waals surface area (Å²) in [5, 5.41) is 7.50. The minimum absolute atomic E-state index is 0.212. The van der Waals surface area contributed by atoms with Gasteiger partial charge in [-0.1, -0.05) is 39.6 Å². The van der Waals surface area contributed by atoms with Gasteiger partial charge >= 0.3 is 0 Å². The number of benzene rings is 1. The van der Waals surface area contributed by atoms with Crippen molar-refractivity contribution in [1.29, 1.82) is 0 Å². The second kappa shape index (κ2) is 5.43. The van der Waals surface area contributed by atoms with Crippen molar-refractivity contribution < 1.29 is 4.52 Å². The van der Waals surface area contributed by atoms with E-state index in [0.29, 0.717) is 11.7 Å². The average molecular weight is 322 g/mol. The summed E-state index contributed by atoms with van der Waals surface area (Å²) in [5.41, 5.74) is 2.17. The Morgan fingerprint density at radius 2 is 2.26 bits per heavy atom. The van der Waals surface area contributed by atoms with Gasteiger partial charge in [0, 0.05) is 10.0 Å². The molecule has 19 heavy (non-hydrogen) atoms. The molecule has 1 atom stereocenters. The minimum atomic E-state index is 0.212. The summed E-state index contributed by atoms with van der Waals surface area (Å²) in [4.78, 5) is 4.51. The minimum Gasteiger partial charge on any atom is -0.337 e. The molecular weight excluding hydrogens is 306 g/mol. The fraction of sp³-hybridized carbons (Fsp3) is 0.429. The molecule has 100 valence electrons. The second-order valence-corrected chi connectivity index (χ2v) is 5.78. The van der Waals surface area contributed by atoms with E-state index in [1.807, 2.05) is 18.2 Å². The van der Waals surface area contributed by atoms with E-state index in [4.69, 9.17) is 4.52 Å². The molecule has 0 aliphatic carbocycles. The third-order valence-electron chi connectivity index (χ3n) is 3.48. The standard InChI is InChI=1S/C14H16BrN3O/c1-9-5-6-10(8-11(9)15)13-17-14(19-18-13)12-4-2-3-7-16-12/h5-6,8,12,16H,2-4,7H2,1H3/t12-/m0/s1. The van der Waals surface area contributed by atoms with Crippen molar-refractivity contribution in [3.63, 3.8) is 0 Å². The molecule has 0 spiro atoms. The van der Waals surface area contributed by atoms with Gasteiger partial charge in [-0.2, -0.15) is 4.98 Å². The largest absolute Gasteiger partial charge is 0.337 e. The van der Waals surface area contributed by atoms with Crippen LogP contribution in [0.3, 0.4) is 0 Å². The second-order valence-electron chi connectivity index (χ2n) is 4.92. The summed E-state index contributed by atoms with van der Waals surface area (Å²) in [6, 6.07) is 6.30. The molecule has 0 amide bonds. The van der Waals surface area contributed by atoms with Gasteiger partial charge in [-0.05, 0) is 37.9 Å². The third kappa shape index (κ3) is 2.72. The maximum Gasteiger partial charge on any atom is 0.244 e.